The van der Waals surface area contributed by atoms with E-state index in [2.05, 4.69) is 4.98 Å². The fourth-order valence-corrected chi connectivity index (χ4v) is 1.28. The summed E-state index contributed by atoms with van der Waals surface area (Å²) in [4.78, 5) is 4.20. The Morgan fingerprint density at radius 2 is 2.31 bits per heavy atom. The van der Waals surface area contributed by atoms with E-state index < -0.39 is 0 Å². The highest BCUT2D eigenvalue weighted by molar-refractivity contribution is 6.31. The predicted octanol–water partition coefficient (Wildman–Crippen LogP) is 2.50. The molecule has 2 aromatic rings. The number of hydrogen-bond acceptors (Lipinski definition) is 3. The van der Waals surface area contributed by atoms with Crippen LogP contribution in [-0.2, 0) is 0 Å². The molecule has 0 fully saturated rings. The maximum Gasteiger partial charge on any atom is 0.212 e. The zero-order valence-corrected chi connectivity index (χ0v) is 7.88. The molecule has 3 nitrogen and oxygen atoms in total. The quantitative estimate of drug-likeness (QED) is 0.763. The van der Waals surface area contributed by atoms with Crippen LogP contribution in [0.2, 0.25) is 5.02 Å². The minimum Gasteiger partial charge on any atom is -0.439 e. The van der Waals surface area contributed by atoms with Gasteiger partial charge >= 0.3 is 0 Å². The second-order valence-electron chi connectivity index (χ2n) is 2.95. The average molecular weight is 197 g/mol. The Balaban J connectivity index is 2.62. The number of hydrogen-bond donors (Lipinski definition) is 1. The average Bonchev–Trinajstić information content (AvgIpc) is 2.46. The summed E-state index contributed by atoms with van der Waals surface area (Å²) in [5.41, 5.74) is 7.10. The molecular weight excluding hydrogens is 188 g/mol. The molecule has 2 rings (SSSR count). The number of rotatable bonds is 1. The number of nitrogens with two attached hydrogens (primary N) is 1. The van der Waals surface area contributed by atoms with Crippen molar-refractivity contribution < 1.29 is 4.42 Å². The van der Waals surface area contributed by atoms with E-state index in [9.17, 15) is 0 Å². The second-order valence-corrected chi connectivity index (χ2v) is 3.39. The molecule has 0 spiro atoms. The Kier molecular flexibility index (Phi) is 1.98. The lowest BCUT2D eigenvalue weighted by molar-refractivity contribution is 0.493. The van der Waals surface area contributed by atoms with Crippen LogP contribution in [0.4, 0.5) is 0 Å². The van der Waals surface area contributed by atoms with Gasteiger partial charge in [-0.2, -0.15) is 0 Å². The summed E-state index contributed by atoms with van der Waals surface area (Å²) in [5, 5.41) is 0.650. The Morgan fingerprint density at radius 1 is 1.54 bits per heavy atom. The molecular formula is C9H9ClN2O. The Morgan fingerprint density at radius 3 is 3.00 bits per heavy atom. The third-order valence-electron chi connectivity index (χ3n) is 1.76. The van der Waals surface area contributed by atoms with Crippen molar-refractivity contribution in [3.05, 3.63) is 29.1 Å². The molecule has 0 amide bonds. The molecule has 0 unspecified atom stereocenters. The molecule has 0 aliphatic heterocycles. The lowest BCUT2D eigenvalue weighted by Gasteiger charge is -1.94. The van der Waals surface area contributed by atoms with Crippen molar-refractivity contribution in [2.24, 2.45) is 5.73 Å². The van der Waals surface area contributed by atoms with Crippen LogP contribution in [0.1, 0.15) is 18.9 Å². The van der Waals surface area contributed by atoms with Gasteiger partial charge in [0.25, 0.3) is 0 Å². The molecule has 4 heteroatoms. The number of fused-ring (bicyclic) bond motifs is 1. The lowest BCUT2D eigenvalue weighted by atomic mass is 10.3. The molecule has 0 saturated heterocycles. The van der Waals surface area contributed by atoms with Crippen LogP contribution < -0.4 is 5.73 Å². The van der Waals surface area contributed by atoms with Crippen LogP contribution in [0.3, 0.4) is 0 Å². The molecule has 1 heterocycles. The van der Waals surface area contributed by atoms with E-state index in [0.717, 1.165) is 11.1 Å². The summed E-state index contributed by atoms with van der Waals surface area (Å²) < 4.78 is 5.39. The second kappa shape index (κ2) is 3.01. The van der Waals surface area contributed by atoms with Gasteiger partial charge in [-0.05, 0) is 25.1 Å². The first-order valence-corrected chi connectivity index (χ1v) is 4.36. The van der Waals surface area contributed by atoms with E-state index in [1.165, 1.54) is 0 Å². The van der Waals surface area contributed by atoms with Crippen molar-refractivity contribution in [2.45, 2.75) is 13.0 Å². The van der Waals surface area contributed by atoms with Gasteiger partial charge in [0.15, 0.2) is 5.58 Å². The molecule has 0 aliphatic carbocycles. The van der Waals surface area contributed by atoms with Gasteiger partial charge < -0.3 is 10.2 Å². The maximum absolute atomic E-state index is 5.79. The van der Waals surface area contributed by atoms with Crippen LogP contribution in [0.5, 0.6) is 0 Å². The van der Waals surface area contributed by atoms with Crippen molar-refractivity contribution in [2.75, 3.05) is 0 Å². The molecule has 0 aliphatic rings. The summed E-state index contributed by atoms with van der Waals surface area (Å²) in [6.45, 7) is 1.83. The molecule has 1 aromatic heterocycles. The molecule has 68 valence electrons. The smallest absolute Gasteiger partial charge is 0.212 e. The summed E-state index contributed by atoms with van der Waals surface area (Å²) in [6, 6.07) is 5.12. The fraction of sp³-hybridized carbons (Fsp3) is 0.222. The first kappa shape index (κ1) is 8.53. The number of nitrogens with zero attached hydrogens (tertiary/aromatic N) is 1. The zero-order valence-electron chi connectivity index (χ0n) is 7.12. The van der Waals surface area contributed by atoms with E-state index in [1.807, 2.05) is 6.92 Å². The van der Waals surface area contributed by atoms with Crippen LogP contribution >= 0.6 is 11.6 Å². The van der Waals surface area contributed by atoms with E-state index in [1.54, 1.807) is 18.2 Å². The van der Waals surface area contributed by atoms with Crippen LogP contribution in [0.25, 0.3) is 11.1 Å². The summed E-state index contributed by atoms with van der Waals surface area (Å²) >= 11 is 5.79. The van der Waals surface area contributed by atoms with E-state index in [-0.39, 0.29) is 6.04 Å². The Bertz CT molecular complexity index is 436. The van der Waals surface area contributed by atoms with E-state index in [4.69, 9.17) is 21.8 Å². The van der Waals surface area contributed by atoms with Gasteiger partial charge in [-0.3, -0.25) is 0 Å². The molecule has 1 aromatic carbocycles. The van der Waals surface area contributed by atoms with Gasteiger partial charge in [0, 0.05) is 5.02 Å². The van der Waals surface area contributed by atoms with E-state index >= 15 is 0 Å². The van der Waals surface area contributed by atoms with Gasteiger partial charge in [0.05, 0.1) is 6.04 Å². The number of oxazole rings is 1. The van der Waals surface area contributed by atoms with Crippen molar-refractivity contribution in [3.63, 3.8) is 0 Å². The predicted molar refractivity (Wildman–Crippen MR) is 51.6 cm³/mol. The first-order valence-electron chi connectivity index (χ1n) is 3.98. The highest BCUT2D eigenvalue weighted by Gasteiger charge is 2.08. The summed E-state index contributed by atoms with van der Waals surface area (Å²) in [6.07, 6.45) is 0. The highest BCUT2D eigenvalue weighted by atomic mass is 35.5. The monoisotopic (exact) mass is 196 g/mol. The van der Waals surface area contributed by atoms with Gasteiger partial charge in [-0.25, -0.2) is 4.98 Å². The Hall–Kier alpha value is -1.06. The van der Waals surface area contributed by atoms with Gasteiger partial charge in [-0.15, -0.1) is 0 Å². The molecule has 0 radical (unpaired) electrons. The molecule has 1 atom stereocenters. The standard InChI is InChI=1S/C9H9ClN2O/c1-5(11)9-12-7-4-6(10)2-3-8(7)13-9/h2-5H,11H2,1H3/t5-/m0/s1. The third kappa shape index (κ3) is 1.53. The van der Waals surface area contributed by atoms with Crippen molar-refractivity contribution in [1.29, 1.82) is 0 Å². The molecule has 2 N–H and O–H groups in total. The molecule has 0 bridgehead atoms. The SMILES string of the molecule is C[C@H](N)c1nc2cc(Cl)ccc2o1. The fourth-order valence-electron chi connectivity index (χ4n) is 1.11. The van der Waals surface area contributed by atoms with Crippen LogP contribution in [0, 0.1) is 0 Å². The van der Waals surface area contributed by atoms with E-state index in [0.29, 0.717) is 10.9 Å². The van der Waals surface area contributed by atoms with Gasteiger partial charge in [0.2, 0.25) is 5.89 Å². The number of aromatic nitrogens is 1. The Labute approximate surface area is 80.5 Å². The largest absolute Gasteiger partial charge is 0.439 e. The molecule has 0 saturated carbocycles. The first-order chi connectivity index (χ1) is 6.16. The minimum atomic E-state index is -0.189. The number of halogens is 1. The van der Waals surface area contributed by atoms with Crippen LogP contribution in [-0.4, -0.2) is 4.98 Å². The third-order valence-corrected chi connectivity index (χ3v) is 1.99. The molecule has 13 heavy (non-hydrogen) atoms. The maximum atomic E-state index is 5.79. The van der Waals surface area contributed by atoms with Gasteiger partial charge in [0.1, 0.15) is 5.52 Å². The van der Waals surface area contributed by atoms with Crippen molar-refractivity contribution in [3.8, 4) is 0 Å². The highest BCUT2D eigenvalue weighted by Crippen LogP contribution is 2.21. The summed E-state index contributed by atoms with van der Waals surface area (Å²) in [7, 11) is 0. The van der Waals surface area contributed by atoms with Crippen LogP contribution in [0.15, 0.2) is 22.6 Å². The number of benzene rings is 1. The van der Waals surface area contributed by atoms with Crippen molar-refractivity contribution in [1.82, 2.24) is 4.98 Å². The van der Waals surface area contributed by atoms with Gasteiger partial charge in [-0.1, -0.05) is 11.6 Å². The summed E-state index contributed by atoms with van der Waals surface area (Å²) in [5.74, 6) is 0.539. The minimum absolute atomic E-state index is 0.189. The normalized spacial score (nSPS) is 13.5. The zero-order chi connectivity index (χ0) is 9.42. The topological polar surface area (TPSA) is 52.0 Å². The lowest BCUT2D eigenvalue weighted by Crippen LogP contribution is -2.04. The van der Waals surface area contributed by atoms with Crippen molar-refractivity contribution >= 4 is 22.7 Å².